The summed E-state index contributed by atoms with van der Waals surface area (Å²) in [5.74, 6) is 0.359. The lowest BCUT2D eigenvalue weighted by Gasteiger charge is -2.03. The first-order chi connectivity index (χ1) is 5.74. The van der Waals surface area contributed by atoms with Gasteiger partial charge in [-0.25, -0.2) is 0 Å². The van der Waals surface area contributed by atoms with Crippen molar-refractivity contribution in [2.75, 3.05) is 6.54 Å². The van der Waals surface area contributed by atoms with Crippen molar-refractivity contribution in [3.8, 4) is 5.75 Å². The molecule has 0 atom stereocenters. The van der Waals surface area contributed by atoms with E-state index in [2.05, 4.69) is 17.5 Å². The maximum Gasteiger partial charge on any atom is 0.118 e. The number of hydrogen-bond donors (Lipinski definition) is 3. The van der Waals surface area contributed by atoms with Gasteiger partial charge in [-0.15, -0.1) is 0 Å². The van der Waals surface area contributed by atoms with E-state index in [0.717, 1.165) is 18.5 Å². The van der Waals surface area contributed by atoms with E-state index in [0.29, 0.717) is 5.75 Å². The molecule has 1 rings (SSSR count). The van der Waals surface area contributed by atoms with Crippen LogP contribution in [0.25, 0.3) is 0 Å². The Balaban J connectivity index is 2.69. The number of nitrogens with one attached hydrogen (secondary N) is 1. The number of rotatable bonds is 3. The summed E-state index contributed by atoms with van der Waals surface area (Å²) < 4.78 is 2.78. The lowest BCUT2D eigenvalue weighted by Crippen LogP contribution is -2.04. The van der Waals surface area contributed by atoms with Crippen molar-refractivity contribution in [2.24, 2.45) is 0 Å². The minimum Gasteiger partial charge on any atom is -0.508 e. The van der Waals surface area contributed by atoms with E-state index in [-0.39, 0.29) is 0 Å². The van der Waals surface area contributed by atoms with Crippen LogP contribution in [0, 0.1) is 6.92 Å². The zero-order valence-corrected chi connectivity index (χ0v) is 7.94. The molecule has 0 unspecified atom stereocenters. The van der Waals surface area contributed by atoms with Gasteiger partial charge in [0.25, 0.3) is 0 Å². The van der Waals surface area contributed by atoms with Crippen molar-refractivity contribution < 1.29 is 5.11 Å². The Labute approximate surface area is 78.2 Å². The third-order valence-corrected chi connectivity index (χ3v) is 2.01. The summed E-state index contributed by atoms with van der Waals surface area (Å²) in [5, 5.41) is 9.24. The normalized spacial score (nSPS) is 10.2. The summed E-state index contributed by atoms with van der Waals surface area (Å²) in [6.45, 7) is 2.74. The van der Waals surface area contributed by atoms with Crippen molar-refractivity contribution in [3.05, 3.63) is 29.3 Å². The molecule has 3 heteroatoms. The molecule has 0 amide bonds. The molecule has 0 aliphatic rings. The van der Waals surface area contributed by atoms with Crippen LogP contribution in [0.15, 0.2) is 18.2 Å². The van der Waals surface area contributed by atoms with E-state index < -0.39 is 0 Å². The van der Waals surface area contributed by atoms with Gasteiger partial charge in [-0.1, -0.05) is 24.9 Å². The smallest absolute Gasteiger partial charge is 0.118 e. The molecule has 0 aliphatic carbocycles. The molecule has 2 N–H and O–H groups in total. The summed E-state index contributed by atoms with van der Waals surface area (Å²) in [6.07, 6.45) is 0.935. The summed E-state index contributed by atoms with van der Waals surface area (Å²) in [4.78, 5) is 0. The summed E-state index contributed by atoms with van der Waals surface area (Å²) >= 11 is 3.90. The second-order valence-corrected chi connectivity index (χ2v) is 3.10. The maximum atomic E-state index is 9.24. The van der Waals surface area contributed by atoms with Gasteiger partial charge < -0.3 is 5.11 Å². The van der Waals surface area contributed by atoms with Crippen LogP contribution in [0.1, 0.15) is 11.1 Å². The van der Waals surface area contributed by atoms with Gasteiger partial charge in [0, 0.05) is 6.54 Å². The first-order valence-electron chi connectivity index (χ1n) is 3.89. The van der Waals surface area contributed by atoms with Gasteiger partial charge in [0.15, 0.2) is 0 Å². The zero-order valence-electron chi connectivity index (χ0n) is 7.04. The van der Waals surface area contributed by atoms with Gasteiger partial charge in [0.2, 0.25) is 0 Å². The lowest BCUT2D eigenvalue weighted by molar-refractivity contribution is 0.471. The second-order valence-electron chi connectivity index (χ2n) is 2.78. The van der Waals surface area contributed by atoms with Crippen molar-refractivity contribution in [2.45, 2.75) is 13.3 Å². The fourth-order valence-electron chi connectivity index (χ4n) is 1.07. The van der Waals surface area contributed by atoms with Crippen molar-refractivity contribution >= 4 is 12.8 Å². The molecule has 0 saturated carbocycles. The van der Waals surface area contributed by atoms with Crippen LogP contribution in [-0.2, 0) is 6.42 Å². The van der Waals surface area contributed by atoms with E-state index in [1.165, 1.54) is 5.56 Å². The van der Waals surface area contributed by atoms with Gasteiger partial charge in [-0.2, -0.15) is 0 Å². The molecular formula is C9H13NOS. The molecule has 0 saturated heterocycles. The third-order valence-electron chi connectivity index (χ3n) is 1.79. The Morgan fingerprint density at radius 3 is 2.83 bits per heavy atom. The molecule has 2 nitrogen and oxygen atoms in total. The van der Waals surface area contributed by atoms with Crippen molar-refractivity contribution in [1.29, 1.82) is 0 Å². The van der Waals surface area contributed by atoms with Crippen LogP contribution in [-0.4, -0.2) is 11.7 Å². The molecule has 0 bridgehead atoms. The van der Waals surface area contributed by atoms with E-state index in [1.54, 1.807) is 6.07 Å². The van der Waals surface area contributed by atoms with Gasteiger partial charge in [0.05, 0.1) is 0 Å². The average Bonchev–Trinajstić information content (AvgIpc) is 2.07. The van der Waals surface area contributed by atoms with Crippen LogP contribution in [0.5, 0.6) is 5.75 Å². The van der Waals surface area contributed by atoms with Gasteiger partial charge in [-0.3, -0.25) is 4.72 Å². The molecule has 0 heterocycles. The molecule has 12 heavy (non-hydrogen) atoms. The number of phenols is 1. The van der Waals surface area contributed by atoms with Crippen molar-refractivity contribution in [3.63, 3.8) is 0 Å². The molecule has 1 aromatic rings. The predicted octanol–water partition coefficient (Wildman–Crippen LogP) is 1.68. The summed E-state index contributed by atoms with van der Waals surface area (Å²) in [7, 11) is 0. The highest BCUT2D eigenvalue weighted by molar-refractivity contribution is 7.78. The van der Waals surface area contributed by atoms with Crippen LogP contribution in [0.2, 0.25) is 0 Å². The molecule has 0 spiro atoms. The highest BCUT2D eigenvalue weighted by Crippen LogP contribution is 2.16. The fourth-order valence-corrected chi connectivity index (χ4v) is 1.19. The van der Waals surface area contributed by atoms with Crippen LogP contribution in [0.3, 0.4) is 0 Å². The number of hydrogen-bond acceptors (Lipinski definition) is 3. The van der Waals surface area contributed by atoms with E-state index in [1.807, 2.05) is 19.1 Å². The minimum atomic E-state index is 0.359. The van der Waals surface area contributed by atoms with Gasteiger partial charge in [0.1, 0.15) is 5.75 Å². The summed E-state index contributed by atoms with van der Waals surface area (Å²) in [5.41, 5.74) is 2.14. The molecular weight excluding hydrogens is 170 g/mol. The standard InChI is InChI=1S/C9H13NOS/c1-7-6-8(4-5-10-12)2-3-9(7)11/h2-3,6,10-12H,4-5H2,1H3. The molecule has 0 aromatic heterocycles. The Bertz CT molecular complexity index is 263. The van der Waals surface area contributed by atoms with Gasteiger partial charge >= 0.3 is 0 Å². The highest BCUT2D eigenvalue weighted by atomic mass is 32.1. The SMILES string of the molecule is Cc1cc(CCNS)ccc1O. The topological polar surface area (TPSA) is 32.3 Å². The van der Waals surface area contributed by atoms with Crippen LogP contribution < -0.4 is 4.72 Å². The minimum absolute atomic E-state index is 0.359. The molecule has 0 aliphatic heterocycles. The van der Waals surface area contributed by atoms with Crippen LogP contribution >= 0.6 is 12.8 Å². The predicted molar refractivity (Wildman–Crippen MR) is 53.5 cm³/mol. The van der Waals surface area contributed by atoms with E-state index in [9.17, 15) is 5.11 Å². The molecule has 1 aromatic carbocycles. The number of benzene rings is 1. The average molecular weight is 183 g/mol. The first kappa shape index (κ1) is 9.42. The number of aryl methyl sites for hydroxylation is 1. The highest BCUT2D eigenvalue weighted by Gasteiger charge is 1.96. The third kappa shape index (κ3) is 2.43. The molecule has 0 radical (unpaired) electrons. The van der Waals surface area contributed by atoms with Crippen molar-refractivity contribution in [1.82, 2.24) is 4.72 Å². The summed E-state index contributed by atoms with van der Waals surface area (Å²) in [6, 6.07) is 5.64. The molecule has 66 valence electrons. The monoisotopic (exact) mass is 183 g/mol. The number of thiol groups is 1. The fraction of sp³-hybridized carbons (Fsp3) is 0.333. The Morgan fingerprint density at radius 1 is 1.50 bits per heavy atom. The van der Waals surface area contributed by atoms with Crippen LogP contribution in [0.4, 0.5) is 0 Å². The Morgan fingerprint density at radius 2 is 2.25 bits per heavy atom. The maximum absolute atomic E-state index is 9.24. The van der Waals surface area contributed by atoms with Gasteiger partial charge in [-0.05, 0) is 30.5 Å². The number of phenolic OH excluding ortho intramolecular Hbond substituents is 1. The molecule has 0 fully saturated rings. The van der Waals surface area contributed by atoms with E-state index >= 15 is 0 Å². The number of aromatic hydroxyl groups is 1. The Hall–Kier alpha value is -0.670. The quantitative estimate of drug-likeness (QED) is 0.623. The largest absolute Gasteiger partial charge is 0.508 e. The first-order valence-corrected chi connectivity index (χ1v) is 4.34. The lowest BCUT2D eigenvalue weighted by atomic mass is 10.1. The Kier molecular flexibility index (Phi) is 3.44. The van der Waals surface area contributed by atoms with E-state index in [4.69, 9.17) is 0 Å². The second kappa shape index (κ2) is 4.38. The zero-order chi connectivity index (χ0) is 8.97.